The van der Waals surface area contributed by atoms with Gasteiger partial charge in [-0.3, -0.25) is 4.90 Å². The summed E-state index contributed by atoms with van der Waals surface area (Å²) in [6.07, 6.45) is 3.40. The maximum atomic E-state index is 5.73. The zero-order valence-electron chi connectivity index (χ0n) is 10.5. The molecule has 1 aliphatic rings. The Balaban J connectivity index is 1.79. The van der Waals surface area contributed by atoms with Crippen LogP contribution in [0.4, 0.5) is 5.69 Å². The van der Waals surface area contributed by atoms with E-state index in [9.17, 15) is 0 Å². The third-order valence-electron chi connectivity index (χ3n) is 3.34. The highest BCUT2D eigenvalue weighted by Gasteiger charge is 2.13. The fourth-order valence-corrected chi connectivity index (χ4v) is 2.21. The maximum Gasteiger partial charge on any atom is 0.209 e. The van der Waals surface area contributed by atoms with E-state index in [0.29, 0.717) is 0 Å². The fourth-order valence-electron chi connectivity index (χ4n) is 2.21. The second kappa shape index (κ2) is 4.46. The molecule has 2 N–H and O–H groups in total. The number of fused-ring (bicyclic) bond motifs is 1. The summed E-state index contributed by atoms with van der Waals surface area (Å²) < 4.78 is 5.72. The largest absolute Gasteiger partial charge is 0.439 e. The molecule has 1 aromatic heterocycles. The molecular weight excluding hydrogens is 226 g/mol. The highest BCUT2D eigenvalue weighted by molar-refractivity contribution is 5.76. The Morgan fingerprint density at radius 3 is 3.11 bits per heavy atom. The number of anilines is 1. The molecule has 0 saturated heterocycles. The maximum absolute atomic E-state index is 5.73. The van der Waals surface area contributed by atoms with E-state index in [-0.39, 0.29) is 0 Å². The van der Waals surface area contributed by atoms with Crippen LogP contribution in [0.3, 0.4) is 0 Å². The Morgan fingerprint density at radius 1 is 1.44 bits per heavy atom. The van der Waals surface area contributed by atoms with Crippen molar-refractivity contribution in [2.24, 2.45) is 0 Å². The average molecular weight is 243 g/mol. The summed E-state index contributed by atoms with van der Waals surface area (Å²) >= 11 is 0. The number of nitrogen functional groups attached to an aromatic ring is 1. The third-order valence-corrected chi connectivity index (χ3v) is 3.34. The molecule has 0 unspecified atom stereocenters. The van der Waals surface area contributed by atoms with Gasteiger partial charge in [-0.2, -0.15) is 0 Å². The molecule has 0 atom stereocenters. The molecule has 2 heterocycles. The van der Waals surface area contributed by atoms with Gasteiger partial charge < -0.3 is 10.2 Å². The monoisotopic (exact) mass is 243 g/mol. The van der Waals surface area contributed by atoms with Gasteiger partial charge in [0.15, 0.2) is 5.58 Å². The number of nitrogens with two attached hydrogens (primary N) is 1. The minimum absolute atomic E-state index is 0.721. The topological polar surface area (TPSA) is 55.3 Å². The van der Waals surface area contributed by atoms with E-state index in [1.54, 1.807) is 0 Å². The lowest BCUT2D eigenvalue weighted by Crippen LogP contribution is -2.27. The Hall–Kier alpha value is -1.81. The number of rotatable bonds is 2. The summed E-state index contributed by atoms with van der Waals surface area (Å²) in [5.74, 6) is 0.767. The van der Waals surface area contributed by atoms with Crippen LogP contribution in [0.5, 0.6) is 0 Å². The number of oxazole rings is 1. The SMILES string of the molecule is CC1=CCN(Cc2nc3cc(N)ccc3o2)CC1. The molecule has 0 aliphatic carbocycles. The molecule has 0 bridgehead atoms. The molecule has 0 saturated carbocycles. The first-order valence-electron chi connectivity index (χ1n) is 6.23. The van der Waals surface area contributed by atoms with Gasteiger partial charge in [0.2, 0.25) is 5.89 Å². The van der Waals surface area contributed by atoms with E-state index in [2.05, 4.69) is 22.9 Å². The lowest BCUT2D eigenvalue weighted by molar-refractivity contribution is 0.259. The van der Waals surface area contributed by atoms with E-state index in [4.69, 9.17) is 10.2 Å². The molecule has 2 aromatic rings. The smallest absolute Gasteiger partial charge is 0.209 e. The number of benzene rings is 1. The fraction of sp³-hybridized carbons (Fsp3) is 0.357. The van der Waals surface area contributed by atoms with Gasteiger partial charge >= 0.3 is 0 Å². The molecule has 1 aliphatic heterocycles. The Bertz CT molecular complexity index is 600. The highest BCUT2D eigenvalue weighted by atomic mass is 16.3. The molecule has 0 amide bonds. The third kappa shape index (κ3) is 2.24. The van der Waals surface area contributed by atoms with Crippen molar-refractivity contribution in [3.63, 3.8) is 0 Å². The minimum Gasteiger partial charge on any atom is -0.439 e. The quantitative estimate of drug-likeness (QED) is 0.650. The van der Waals surface area contributed by atoms with Crippen molar-refractivity contribution >= 4 is 16.8 Å². The Labute approximate surface area is 106 Å². The number of aromatic nitrogens is 1. The van der Waals surface area contributed by atoms with Crippen LogP contribution >= 0.6 is 0 Å². The molecular formula is C14H17N3O. The van der Waals surface area contributed by atoms with Crippen LogP contribution in [0.2, 0.25) is 0 Å². The average Bonchev–Trinajstić information content (AvgIpc) is 2.73. The van der Waals surface area contributed by atoms with Crippen LogP contribution in [-0.4, -0.2) is 23.0 Å². The van der Waals surface area contributed by atoms with Crippen molar-refractivity contribution in [3.8, 4) is 0 Å². The van der Waals surface area contributed by atoms with Crippen molar-refractivity contribution in [3.05, 3.63) is 35.7 Å². The molecule has 0 fully saturated rings. The lowest BCUT2D eigenvalue weighted by atomic mass is 10.1. The standard InChI is InChI=1S/C14H17N3O/c1-10-4-6-17(7-5-10)9-14-16-12-8-11(15)2-3-13(12)18-14/h2-4,8H,5-7,9,15H2,1H3. The Kier molecular flexibility index (Phi) is 2.80. The van der Waals surface area contributed by atoms with Gasteiger partial charge in [0, 0.05) is 18.8 Å². The van der Waals surface area contributed by atoms with Gasteiger partial charge in [-0.05, 0) is 31.5 Å². The lowest BCUT2D eigenvalue weighted by Gasteiger charge is -2.23. The van der Waals surface area contributed by atoms with Crippen molar-refractivity contribution < 1.29 is 4.42 Å². The van der Waals surface area contributed by atoms with Gasteiger partial charge in [-0.1, -0.05) is 11.6 Å². The molecule has 4 nitrogen and oxygen atoms in total. The summed E-state index contributed by atoms with van der Waals surface area (Å²) in [5, 5.41) is 0. The van der Waals surface area contributed by atoms with E-state index in [0.717, 1.165) is 48.7 Å². The van der Waals surface area contributed by atoms with Crippen molar-refractivity contribution in [1.82, 2.24) is 9.88 Å². The number of nitrogens with zero attached hydrogens (tertiary/aromatic N) is 2. The molecule has 18 heavy (non-hydrogen) atoms. The molecule has 94 valence electrons. The predicted octanol–water partition coefficient (Wildman–Crippen LogP) is 2.56. The summed E-state index contributed by atoms with van der Waals surface area (Å²) in [5.41, 5.74) is 9.57. The molecule has 4 heteroatoms. The van der Waals surface area contributed by atoms with E-state index < -0.39 is 0 Å². The number of hydrogen-bond donors (Lipinski definition) is 1. The molecule has 3 rings (SSSR count). The molecule has 0 spiro atoms. The zero-order chi connectivity index (χ0) is 12.5. The minimum atomic E-state index is 0.721. The van der Waals surface area contributed by atoms with Crippen LogP contribution < -0.4 is 5.73 Å². The Morgan fingerprint density at radius 2 is 2.33 bits per heavy atom. The van der Waals surface area contributed by atoms with E-state index >= 15 is 0 Å². The van der Waals surface area contributed by atoms with Crippen LogP contribution in [0, 0.1) is 0 Å². The highest BCUT2D eigenvalue weighted by Crippen LogP contribution is 2.20. The number of hydrogen-bond acceptors (Lipinski definition) is 4. The first kappa shape index (κ1) is 11.3. The second-order valence-electron chi connectivity index (χ2n) is 4.87. The van der Waals surface area contributed by atoms with Crippen molar-refractivity contribution in [1.29, 1.82) is 0 Å². The molecule has 1 aromatic carbocycles. The summed E-state index contributed by atoms with van der Waals surface area (Å²) in [6, 6.07) is 5.56. The van der Waals surface area contributed by atoms with Gasteiger partial charge in [0.25, 0.3) is 0 Å². The summed E-state index contributed by atoms with van der Waals surface area (Å²) in [4.78, 5) is 6.81. The summed E-state index contributed by atoms with van der Waals surface area (Å²) in [7, 11) is 0. The van der Waals surface area contributed by atoms with Crippen molar-refractivity contribution in [2.75, 3.05) is 18.8 Å². The first-order valence-corrected chi connectivity index (χ1v) is 6.23. The van der Waals surface area contributed by atoms with Gasteiger partial charge in [0.1, 0.15) is 5.52 Å². The van der Waals surface area contributed by atoms with Gasteiger partial charge in [-0.25, -0.2) is 4.98 Å². The zero-order valence-corrected chi connectivity index (χ0v) is 10.5. The van der Waals surface area contributed by atoms with Gasteiger partial charge in [-0.15, -0.1) is 0 Å². The predicted molar refractivity (Wildman–Crippen MR) is 72.1 cm³/mol. The summed E-state index contributed by atoms with van der Waals surface area (Å²) in [6.45, 7) is 4.99. The van der Waals surface area contributed by atoms with Crippen LogP contribution in [0.1, 0.15) is 19.2 Å². The first-order chi connectivity index (χ1) is 8.70. The van der Waals surface area contributed by atoms with E-state index in [1.807, 2.05) is 18.2 Å². The van der Waals surface area contributed by atoms with Crippen LogP contribution in [-0.2, 0) is 6.54 Å². The van der Waals surface area contributed by atoms with Crippen molar-refractivity contribution in [2.45, 2.75) is 19.9 Å². The van der Waals surface area contributed by atoms with E-state index in [1.165, 1.54) is 5.57 Å². The van der Waals surface area contributed by atoms with Crippen LogP contribution in [0.15, 0.2) is 34.3 Å². The molecule has 0 radical (unpaired) electrons. The second-order valence-corrected chi connectivity index (χ2v) is 4.87. The normalized spacial score (nSPS) is 17.1. The van der Waals surface area contributed by atoms with Gasteiger partial charge in [0.05, 0.1) is 6.54 Å². The van der Waals surface area contributed by atoms with Crippen LogP contribution in [0.25, 0.3) is 11.1 Å².